The minimum absolute atomic E-state index is 0.0903. The van der Waals surface area contributed by atoms with Gasteiger partial charge < -0.3 is 10.2 Å². The van der Waals surface area contributed by atoms with E-state index in [2.05, 4.69) is 29.4 Å². The Balaban J connectivity index is 0.000000270. The molecule has 1 aliphatic heterocycles. The number of halogens is 1. The molecule has 0 aliphatic carbocycles. The van der Waals surface area contributed by atoms with Crippen LogP contribution < -0.4 is 5.32 Å². The number of piperidine rings is 1. The monoisotopic (exact) mass is 328 g/mol. The van der Waals surface area contributed by atoms with E-state index in [1.807, 2.05) is 18.4 Å². The van der Waals surface area contributed by atoms with Crippen LogP contribution in [-0.4, -0.2) is 50.0 Å². The Morgan fingerprint density at radius 3 is 2.33 bits per heavy atom. The highest BCUT2D eigenvalue weighted by Gasteiger charge is 2.17. The van der Waals surface area contributed by atoms with Crippen LogP contribution in [0.2, 0.25) is 5.02 Å². The van der Waals surface area contributed by atoms with Crippen LogP contribution >= 0.6 is 23.4 Å². The summed E-state index contributed by atoms with van der Waals surface area (Å²) in [4.78, 5) is 12.7. The maximum Gasteiger partial charge on any atom is 0.229 e. The number of hydrogen-bond donors (Lipinski definition) is 1. The first-order chi connectivity index (χ1) is 10.1. The second-order valence-electron chi connectivity index (χ2n) is 5.24. The number of nitrogens with one attached hydrogen (secondary N) is 1. The molecular weight excluding hydrogens is 304 g/mol. The van der Waals surface area contributed by atoms with Crippen molar-refractivity contribution < 1.29 is 4.79 Å². The number of amides is 1. The third-order valence-electron chi connectivity index (χ3n) is 3.61. The maximum atomic E-state index is 10.3. The molecule has 3 nitrogen and oxygen atoms in total. The van der Waals surface area contributed by atoms with Gasteiger partial charge in [-0.05, 0) is 62.8 Å². The third-order valence-corrected chi connectivity index (χ3v) is 4.42. The fourth-order valence-corrected chi connectivity index (χ4v) is 2.81. The van der Waals surface area contributed by atoms with Crippen LogP contribution in [0.5, 0.6) is 0 Å². The molecule has 0 radical (unpaired) electrons. The Labute approximate surface area is 137 Å². The molecule has 1 aromatic carbocycles. The van der Waals surface area contributed by atoms with Crippen molar-refractivity contribution in [2.75, 3.05) is 39.2 Å². The third kappa shape index (κ3) is 7.21. The van der Waals surface area contributed by atoms with E-state index in [1.54, 1.807) is 7.05 Å². The molecule has 1 N–H and O–H groups in total. The van der Waals surface area contributed by atoms with E-state index in [4.69, 9.17) is 11.6 Å². The summed E-state index contributed by atoms with van der Waals surface area (Å²) in [6.07, 6.45) is 4.45. The van der Waals surface area contributed by atoms with E-state index >= 15 is 0 Å². The molecule has 1 aliphatic rings. The SMILES string of the molecule is CN1CCC(c2ccc(Cl)cc2)CC1.CNC(=O)CSC. The average molecular weight is 329 g/mol. The van der Waals surface area contributed by atoms with Crippen molar-refractivity contribution in [2.45, 2.75) is 18.8 Å². The molecule has 1 aromatic rings. The van der Waals surface area contributed by atoms with Gasteiger partial charge >= 0.3 is 0 Å². The molecule has 1 amide bonds. The minimum Gasteiger partial charge on any atom is -0.358 e. The fraction of sp³-hybridized carbons (Fsp3) is 0.562. The predicted octanol–water partition coefficient (Wildman–Crippen LogP) is 3.24. The largest absolute Gasteiger partial charge is 0.358 e. The van der Waals surface area contributed by atoms with Gasteiger partial charge in [0.25, 0.3) is 0 Å². The first-order valence-corrected chi connectivity index (χ1v) is 8.97. The van der Waals surface area contributed by atoms with Gasteiger partial charge in [-0.25, -0.2) is 0 Å². The lowest BCUT2D eigenvalue weighted by atomic mass is 9.90. The van der Waals surface area contributed by atoms with E-state index in [0.29, 0.717) is 5.75 Å². The van der Waals surface area contributed by atoms with Crippen molar-refractivity contribution in [3.63, 3.8) is 0 Å². The molecule has 0 bridgehead atoms. The Hall–Kier alpha value is -0.710. The zero-order valence-corrected chi connectivity index (χ0v) is 14.6. The number of nitrogens with zero attached hydrogens (tertiary/aromatic N) is 1. The highest BCUT2D eigenvalue weighted by molar-refractivity contribution is 7.99. The molecule has 21 heavy (non-hydrogen) atoms. The van der Waals surface area contributed by atoms with Gasteiger partial charge in [0.2, 0.25) is 5.91 Å². The summed E-state index contributed by atoms with van der Waals surface area (Å²) >= 11 is 7.39. The molecule has 5 heteroatoms. The lowest BCUT2D eigenvalue weighted by molar-refractivity contribution is -0.118. The second kappa shape index (κ2) is 10.1. The molecular formula is C16H25ClN2OS. The van der Waals surface area contributed by atoms with Gasteiger partial charge in [-0.15, -0.1) is 0 Å². The smallest absolute Gasteiger partial charge is 0.229 e. The molecule has 118 valence electrons. The zero-order chi connectivity index (χ0) is 15.7. The normalized spacial score (nSPS) is 16.0. The van der Waals surface area contributed by atoms with Crippen LogP contribution in [-0.2, 0) is 4.79 Å². The molecule has 0 atom stereocenters. The van der Waals surface area contributed by atoms with E-state index in [0.717, 1.165) is 10.9 Å². The van der Waals surface area contributed by atoms with Gasteiger partial charge in [-0.2, -0.15) is 11.8 Å². The van der Waals surface area contributed by atoms with E-state index in [9.17, 15) is 4.79 Å². The van der Waals surface area contributed by atoms with E-state index in [1.165, 1.54) is 43.3 Å². The van der Waals surface area contributed by atoms with Gasteiger partial charge in [0, 0.05) is 12.1 Å². The quantitative estimate of drug-likeness (QED) is 0.924. The molecule has 0 unspecified atom stereocenters. The number of benzene rings is 1. The summed E-state index contributed by atoms with van der Waals surface area (Å²) in [6.45, 7) is 2.43. The van der Waals surface area contributed by atoms with Crippen LogP contribution in [0, 0.1) is 0 Å². The topological polar surface area (TPSA) is 32.3 Å². The van der Waals surface area contributed by atoms with Gasteiger partial charge in [-0.3, -0.25) is 4.79 Å². The van der Waals surface area contributed by atoms with Crippen LogP contribution in [0.3, 0.4) is 0 Å². The average Bonchev–Trinajstić information content (AvgIpc) is 2.50. The first-order valence-electron chi connectivity index (χ1n) is 7.20. The number of hydrogen-bond acceptors (Lipinski definition) is 3. The van der Waals surface area contributed by atoms with Crippen molar-refractivity contribution in [1.82, 2.24) is 10.2 Å². The summed E-state index contributed by atoms with van der Waals surface area (Å²) in [5.41, 5.74) is 1.45. The Bertz CT molecular complexity index is 417. The Morgan fingerprint density at radius 2 is 1.90 bits per heavy atom. The molecule has 0 saturated carbocycles. The van der Waals surface area contributed by atoms with Crippen molar-refractivity contribution in [3.8, 4) is 0 Å². The number of carbonyl (C=O) groups excluding carboxylic acids is 1. The van der Waals surface area contributed by atoms with E-state index in [-0.39, 0.29) is 5.91 Å². The summed E-state index contributed by atoms with van der Waals surface area (Å²) < 4.78 is 0. The van der Waals surface area contributed by atoms with Gasteiger partial charge in [-0.1, -0.05) is 23.7 Å². The summed E-state index contributed by atoms with van der Waals surface area (Å²) in [6, 6.07) is 8.32. The van der Waals surface area contributed by atoms with Crippen LogP contribution in [0.4, 0.5) is 0 Å². The summed E-state index contributed by atoms with van der Waals surface area (Å²) in [5.74, 6) is 1.40. The number of thioether (sulfide) groups is 1. The Kier molecular flexibility index (Phi) is 8.81. The standard InChI is InChI=1S/C12H16ClN.C4H9NOS/c1-14-8-6-11(7-9-14)10-2-4-12(13)5-3-10;1-5-4(6)3-7-2/h2-5,11H,6-9H2,1H3;3H2,1-2H3,(H,5,6). The highest BCUT2D eigenvalue weighted by Crippen LogP contribution is 2.28. The van der Waals surface area contributed by atoms with Crippen molar-refractivity contribution >= 4 is 29.3 Å². The molecule has 1 heterocycles. The summed E-state index contributed by atoms with van der Waals surface area (Å²) in [7, 11) is 3.83. The second-order valence-corrected chi connectivity index (χ2v) is 6.54. The Morgan fingerprint density at radius 1 is 1.33 bits per heavy atom. The lowest BCUT2D eigenvalue weighted by Gasteiger charge is -2.29. The fourth-order valence-electron chi connectivity index (χ4n) is 2.28. The van der Waals surface area contributed by atoms with Crippen molar-refractivity contribution in [1.29, 1.82) is 0 Å². The van der Waals surface area contributed by atoms with E-state index < -0.39 is 0 Å². The number of likely N-dealkylation sites (tertiary alicyclic amines) is 1. The first kappa shape index (κ1) is 18.3. The number of carbonyl (C=O) groups is 1. The predicted molar refractivity (Wildman–Crippen MR) is 93.4 cm³/mol. The molecule has 1 saturated heterocycles. The molecule has 1 fully saturated rings. The zero-order valence-electron chi connectivity index (χ0n) is 13.1. The van der Waals surface area contributed by atoms with Crippen molar-refractivity contribution in [3.05, 3.63) is 34.9 Å². The van der Waals surface area contributed by atoms with Crippen LogP contribution in [0.25, 0.3) is 0 Å². The van der Waals surface area contributed by atoms with Gasteiger partial charge in [0.05, 0.1) is 5.75 Å². The molecule has 0 aromatic heterocycles. The van der Waals surface area contributed by atoms with Crippen LogP contribution in [0.15, 0.2) is 24.3 Å². The van der Waals surface area contributed by atoms with Gasteiger partial charge in [0.15, 0.2) is 0 Å². The van der Waals surface area contributed by atoms with Crippen molar-refractivity contribution in [2.24, 2.45) is 0 Å². The lowest BCUT2D eigenvalue weighted by Crippen LogP contribution is -2.29. The highest BCUT2D eigenvalue weighted by atomic mass is 35.5. The maximum absolute atomic E-state index is 10.3. The molecule has 0 spiro atoms. The summed E-state index contributed by atoms with van der Waals surface area (Å²) in [5, 5.41) is 3.34. The van der Waals surface area contributed by atoms with Crippen LogP contribution in [0.1, 0.15) is 24.3 Å². The van der Waals surface area contributed by atoms with Gasteiger partial charge in [0.1, 0.15) is 0 Å². The number of rotatable bonds is 3. The molecule has 2 rings (SSSR count). The minimum atomic E-state index is 0.0903.